The fraction of sp³-hybridized carbons (Fsp3) is 0.625. The van der Waals surface area contributed by atoms with Gasteiger partial charge in [0.2, 0.25) is 0 Å². The Morgan fingerprint density at radius 2 is 2.10 bits per heavy atom. The molecular weight excluding hydrogens is 276 g/mol. The molecule has 0 radical (unpaired) electrons. The van der Waals surface area contributed by atoms with Gasteiger partial charge in [0.1, 0.15) is 5.75 Å². The van der Waals surface area contributed by atoms with Gasteiger partial charge in [0.15, 0.2) is 0 Å². The first-order chi connectivity index (χ1) is 10.00. The molecule has 5 heteroatoms. The fourth-order valence-corrected chi connectivity index (χ4v) is 3.77. The highest BCUT2D eigenvalue weighted by Gasteiger charge is 2.58. The molecule has 1 saturated carbocycles. The van der Waals surface area contributed by atoms with Gasteiger partial charge in [-0.2, -0.15) is 8.78 Å². The number of fused-ring (bicyclic) bond motifs is 1. The van der Waals surface area contributed by atoms with E-state index >= 15 is 0 Å². The fourth-order valence-electron chi connectivity index (χ4n) is 3.77. The van der Waals surface area contributed by atoms with Crippen molar-refractivity contribution in [3.63, 3.8) is 0 Å². The topological polar surface area (TPSA) is 30.5 Å². The normalized spacial score (nSPS) is 30.4. The van der Waals surface area contributed by atoms with E-state index in [-0.39, 0.29) is 23.3 Å². The lowest BCUT2D eigenvalue weighted by atomic mass is 9.55. The van der Waals surface area contributed by atoms with Gasteiger partial charge in [0, 0.05) is 24.0 Å². The number of hydrogen-bond acceptors (Lipinski definition) is 3. The van der Waals surface area contributed by atoms with E-state index in [2.05, 4.69) is 23.9 Å². The molecule has 0 bridgehead atoms. The number of alkyl halides is 2. The van der Waals surface area contributed by atoms with Gasteiger partial charge in [0.25, 0.3) is 0 Å². The van der Waals surface area contributed by atoms with Crippen LogP contribution in [0.25, 0.3) is 0 Å². The van der Waals surface area contributed by atoms with Gasteiger partial charge in [-0.15, -0.1) is 0 Å². The highest BCUT2D eigenvalue weighted by molar-refractivity contribution is 5.57. The van der Waals surface area contributed by atoms with Gasteiger partial charge in [-0.1, -0.05) is 26.0 Å². The molecule has 3 rings (SSSR count). The van der Waals surface area contributed by atoms with Crippen molar-refractivity contribution in [3.8, 4) is 5.75 Å². The van der Waals surface area contributed by atoms with Gasteiger partial charge in [-0.25, -0.2) is 0 Å². The summed E-state index contributed by atoms with van der Waals surface area (Å²) >= 11 is 0. The third kappa shape index (κ3) is 2.59. The van der Waals surface area contributed by atoms with E-state index in [1.54, 1.807) is 18.2 Å². The number of rotatable bonds is 4. The molecule has 3 nitrogen and oxygen atoms in total. The Hall–Kier alpha value is -1.36. The predicted octanol–water partition coefficient (Wildman–Crippen LogP) is 3.90. The lowest BCUT2D eigenvalue weighted by Crippen LogP contribution is -2.67. The Kier molecular flexibility index (Phi) is 3.78. The minimum absolute atomic E-state index is 0.0109. The van der Waals surface area contributed by atoms with E-state index in [1.807, 2.05) is 6.07 Å². The number of halogens is 2. The molecule has 3 atom stereocenters. The zero-order valence-electron chi connectivity index (χ0n) is 12.3. The Morgan fingerprint density at radius 3 is 2.86 bits per heavy atom. The number of para-hydroxylation sites is 2. The van der Waals surface area contributed by atoms with Crippen LogP contribution in [0.5, 0.6) is 5.75 Å². The Bertz CT molecular complexity index is 507. The maximum Gasteiger partial charge on any atom is 0.387 e. The minimum atomic E-state index is -2.81. The average molecular weight is 297 g/mol. The van der Waals surface area contributed by atoms with E-state index in [9.17, 15) is 8.78 Å². The molecule has 2 fully saturated rings. The highest BCUT2D eigenvalue weighted by atomic mass is 19.3. The second kappa shape index (κ2) is 5.44. The number of hydrogen-bond donors (Lipinski definition) is 1. The molecule has 1 saturated heterocycles. The zero-order valence-corrected chi connectivity index (χ0v) is 12.3. The van der Waals surface area contributed by atoms with Gasteiger partial charge in [-0.05, 0) is 25.0 Å². The van der Waals surface area contributed by atoms with Crippen LogP contribution in [-0.2, 0) is 4.74 Å². The first-order valence-electron chi connectivity index (χ1n) is 7.42. The summed E-state index contributed by atoms with van der Waals surface area (Å²) in [6, 6.07) is 7.08. The summed E-state index contributed by atoms with van der Waals surface area (Å²) in [6.07, 6.45) is 2.43. The molecule has 1 aliphatic carbocycles. The van der Waals surface area contributed by atoms with E-state index in [0.29, 0.717) is 11.6 Å². The Balaban J connectivity index is 1.77. The number of ether oxygens (including phenoxy) is 2. The van der Waals surface area contributed by atoms with E-state index < -0.39 is 6.61 Å². The molecule has 21 heavy (non-hydrogen) atoms. The average Bonchev–Trinajstić information content (AvgIpc) is 2.45. The minimum Gasteiger partial charge on any atom is -0.433 e. The maximum atomic E-state index is 12.5. The van der Waals surface area contributed by atoms with Crippen LogP contribution >= 0.6 is 0 Å². The van der Waals surface area contributed by atoms with Gasteiger partial charge < -0.3 is 14.8 Å². The SMILES string of the molecule is CC1(C)C(Nc2ccccc2OC(F)F)C2CCCOC21. The van der Waals surface area contributed by atoms with Crippen LogP contribution in [0.15, 0.2) is 24.3 Å². The van der Waals surface area contributed by atoms with Crippen molar-refractivity contribution in [3.05, 3.63) is 24.3 Å². The molecule has 0 amide bonds. The number of anilines is 1. The van der Waals surface area contributed by atoms with Crippen LogP contribution < -0.4 is 10.1 Å². The first kappa shape index (κ1) is 14.6. The van der Waals surface area contributed by atoms with E-state index in [4.69, 9.17) is 4.74 Å². The van der Waals surface area contributed by atoms with Crippen LogP contribution in [-0.4, -0.2) is 25.4 Å². The van der Waals surface area contributed by atoms with Crippen molar-refractivity contribution in [2.24, 2.45) is 11.3 Å². The van der Waals surface area contributed by atoms with Crippen LogP contribution in [0, 0.1) is 11.3 Å². The Morgan fingerprint density at radius 1 is 1.33 bits per heavy atom. The van der Waals surface area contributed by atoms with Crippen LogP contribution in [0.4, 0.5) is 14.5 Å². The molecule has 116 valence electrons. The third-order valence-corrected chi connectivity index (χ3v) is 4.75. The predicted molar refractivity (Wildman–Crippen MR) is 76.7 cm³/mol. The monoisotopic (exact) mass is 297 g/mol. The smallest absolute Gasteiger partial charge is 0.387 e. The summed E-state index contributed by atoms with van der Waals surface area (Å²) < 4.78 is 35.4. The zero-order chi connectivity index (χ0) is 15.0. The van der Waals surface area contributed by atoms with E-state index in [1.165, 1.54) is 0 Å². The summed E-state index contributed by atoms with van der Waals surface area (Å²) in [6.45, 7) is 2.33. The second-order valence-corrected chi connectivity index (χ2v) is 6.42. The largest absolute Gasteiger partial charge is 0.433 e. The summed E-state index contributed by atoms with van der Waals surface area (Å²) in [4.78, 5) is 0. The van der Waals surface area contributed by atoms with Crippen LogP contribution in [0.1, 0.15) is 26.7 Å². The number of nitrogens with one attached hydrogen (secondary N) is 1. The lowest BCUT2D eigenvalue weighted by molar-refractivity contribution is -0.177. The highest BCUT2D eigenvalue weighted by Crippen LogP contribution is 2.52. The molecular formula is C16H21F2NO2. The summed E-state index contributed by atoms with van der Waals surface area (Å²) in [7, 11) is 0. The van der Waals surface area contributed by atoms with Crippen molar-refractivity contribution in [2.75, 3.05) is 11.9 Å². The van der Waals surface area contributed by atoms with Gasteiger partial charge in [0.05, 0.1) is 11.8 Å². The molecule has 1 aromatic rings. The summed E-state index contributed by atoms with van der Waals surface area (Å²) in [5, 5.41) is 3.40. The molecule has 0 aromatic heterocycles. The molecule has 1 aliphatic heterocycles. The molecule has 1 N–H and O–H groups in total. The molecule has 3 unspecified atom stereocenters. The van der Waals surface area contributed by atoms with Crippen molar-refractivity contribution in [1.29, 1.82) is 0 Å². The number of benzene rings is 1. The van der Waals surface area contributed by atoms with E-state index in [0.717, 1.165) is 19.4 Å². The van der Waals surface area contributed by atoms with Gasteiger partial charge >= 0.3 is 6.61 Å². The molecule has 1 heterocycles. The molecule has 0 spiro atoms. The maximum absolute atomic E-state index is 12.5. The second-order valence-electron chi connectivity index (χ2n) is 6.42. The summed E-state index contributed by atoms with van der Waals surface area (Å²) in [5.41, 5.74) is 0.614. The lowest BCUT2D eigenvalue weighted by Gasteiger charge is -2.60. The van der Waals surface area contributed by atoms with Gasteiger partial charge in [-0.3, -0.25) is 0 Å². The van der Waals surface area contributed by atoms with Crippen molar-refractivity contribution in [1.82, 2.24) is 0 Å². The summed E-state index contributed by atoms with van der Waals surface area (Å²) in [5.74, 6) is 0.636. The van der Waals surface area contributed by atoms with Crippen molar-refractivity contribution < 1.29 is 18.3 Å². The van der Waals surface area contributed by atoms with Crippen molar-refractivity contribution >= 4 is 5.69 Å². The third-order valence-electron chi connectivity index (χ3n) is 4.75. The van der Waals surface area contributed by atoms with Crippen LogP contribution in [0.2, 0.25) is 0 Å². The quantitative estimate of drug-likeness (QED) is 0.914. The molecule has 2 aliphatic rings. The Labute approximate surface area is 123 Å². The molecule has 1 aromatic carbocycles. The first-order valence-corrected chi connectivity index (χ1v) is 7.42. The van der Waals surface area contributed by atoms with Crippen molar-refractivity contribution in [2.45, 2.75) is 45.4 Å². The van der Waals surface area contributed by atoms with Crippen LogP contribution in [0.3, 0.4) is 0 Å². The standard InChI is InChI=1S/C16H21F2NO2/c1-16(2)13(10-6-5-9-20-14(10)16)19-11-7-3-4-8-12(11)21-15(17)18/h3-4,7-8,10,13-15,19H,5-6,9H2,1-2H3.